The fourth-order valence-corrected chi connectivity index (χ4v) is 3.48. The van der Waals surface area contributed by atoms with E-state index in [0.29, 0.717) is 22.0 Å². The van der Waals surface area contributed by atoms with Gasteiger partial charge in [-0.1, -0.05) is 24.3 Å². The Hall–Kier alpha value is -3.13. The van der Waals surface area contributed by atoms with Crippen LogP contribution in [0.3, 0.4) is 0 Å². The molecule has 2 aromatic carbocycles. The van der Waals surface area contributed by atoms with Crippen LogP contribution in [-0.2, 0) is 17.6 Å². The molecule has 8 heteroatoms. The highest BCUT2D eigenvalue weighted by molar-refractivity contribution is 7.15. The molecule has 0 atom stereocenters. The van der Waals surface area contributed by atoms with E-state index in [1.54, 1.807) is 37.3 Å². The van der Waals surface area contributed by atoms with Gasteiger partial charge in [-0.05, 0) is 42.8 Å². The molecule has 150 valence electrons. The predicted molar refractivity (Wildman–Crippen MR) is 105 cm³/mol. The molecule has 3 aromatic rings. The first kappa shape index (κ1) is 20.6. The van der Waals surface area contributed by atoms with Crippen molar-refractivity contribution in [3.8, 4) is 16.3 Å². The van der Waals surface area contributed by atoms with E-state index in [1.165, 1.54) is 23.5 Å². The Bertz CT molecular complexity index is 1040. The van der Waals surface area contributed by atoms with Crippen molar-refractivity contribution < 1.29 is 27.8 Å². The predicted octanol–water partition coefficient (Wildman–Crippen LogP) is 5.81. The molecule has 0 spiro atoms. The Morgan fingerprint density at radius 2 is 1.93 bits per heavy atom. The first-order chi connectivity index (χ1) is 13.7. The minimum Gasteiger partial charge on any atom is -0.488 e. The third-order valence-electron chi connectivity index (χ3n) is 4.00. The molecular weight excluding hydrogens is 403 g/mol. The second-order valence-electron chi connectivity index (χ2n) is 6.14. The van der Waals surface area contributed by atoms with Gasteiger partial charge in [0.15, 0.2) is 0 Å². The SMILES string of the molecule is Cc1nc(-c2cccc(C(F)(F)F)c2)sc1COc1ccc(C=CC(=O)O)cc1. The topological polar surface area (TPSA) is 59.4 Å². The Morgan fingerprint density at radius 1 is 1.21 bits per heavy atom. The van der Waals surface area contributed by atoms with E-state index in [0.717, 1.165) is 28.6 Å². The monoisotopic (exact) mass is 419 g/mol. The number of thiazole rings is 1. The number of benzene rings is 2. The Kier molecular flexibility index (Phi) is 6.03. The van der Waals surface area contributed by atoms with E-state index in [1.807, 2.05) is 0 Å². The van der Waals surface area contributed by atoms with Gasteiger partial charge < -0.3 is 9.84 Å². The van der Waals surface area contributed by atoms with Crippen LogP contribution in [0.25, 0.3) is 16.6 Å². The zero-order valence-electron chi connectivity index (χ0n) is 15.2. The lowest BCUT2D eigenvalue weighted by molar-refractivity contribution is -0.137. The summed E-state index contributed by atoms with van der Waals surface area (Å²) in [5, 5.41) is 9.13. The van der Waals surface area contributed by atoms with Crippen molar-refractivity contribution in [1.82, 2.24) is 4.98 Å². The number of hydrogen-bond acceptors (Lipinski definition) is 4. The minimum atomic E-state index is -4.40. The van der Waals surface area contributed by atoms with Crippen molar-refractivity contribution in [1.29, 1.82) is 0 Å². The number of nitrogens with zero attached hydrogens (tertiary/aromatic N) is 1. The molecule has 29 heavy (non-hydrogen) atoms. The third-order valence-corrected chi connectivity index (χ3v) is 5.18. The number of carbonyl (C=O) groups is 1. The third kappa shape index (κ3) is 5.45. The molecule has 0 bridgehead atoms. The molecule has 0 aliphatic carbocycles. The largest absolute Gasteiger partial charge is 0.488 e. The molecule has 0 saturated heterocycles. The summed E-state index contributed by atoms with van der Waals surface area (Å²) in [5.41, 5.74) is 1.12. The van der Waals surface area contributed by atoms with Gasteiger partial charge in [0, 0.05) is 11.6 Å². The first-order valence-electron chi connectivity index (χ1n) is 8.50. The highest BCUT2D eigenvalue weighted by Crippen LogP contribution is 2.34. The molecule has 0 aliphatic heterocycles. The van der Waals surface area contributed by atoms with Crippen LogP contribution >= 0.6 is 11.3 Å². The quantitative estimate of drug-likeness (QED) is 0.512. The molecule has 0 fully saturated rings. The van der Waals surface area contributed by atoms with Crippen molar-refractivity contribution in [3.05, 3.63) is 76.3 Å². The average molecular weight is 419 g/mol. The van der Waals surface area contributed by atoms with Gasteiger partial charge in [0.25, 0.3) is 0 Å². The van der Waals surface area contributed by atoms with E-state index in [4.69, 9.17) is 9.84 Å². The number of rotatable bonds is 6. The molecule has 3 rings (SSSR count). The van der Waals surface area contributed by atoms with Gasteiger partial charge in [0.2, 0.25) is 0 Å². The number of aryl methyl sites for hydroxylation is 1. The van der Waals surface area contributed by atoms with Crippen LogP contribution in [0.2, 0.25) is 0 Å². The minimum absolute atomic E-state index is 0.229. The second kappa shape index (κ2) is 8.48. The number of carboxylic acids is 1. The van der Waals surface area contributed by atoms with Crippen LogP contribution in [0.1, 0.15) is 21.7 Å². The lowest BCUT2D eigenvalue weighted by Crippen LogP contribution is -2.04. The summed E-state index contributed by atoms with van der Waals surface area (Å²) in [6.07, 6.45) is -1.88. The highest BCUT2D eigenvalue weighted by Gasteiger charge is 2.30. The normalized spacial score (nSPS) is 11.7. The van der Waals surface area contributed by atoms with E-state index in [-0.39, 0.29) is 6.61 Å². The number of aromatic nitrogens is 1. The van der Waals surface area contributed by atoms with E-state index in [2.05, 4.69) is 4.98 Å². The van der Waals surface area contributed by atoms with Crippen molar-refractivity contribution in [3.63, 3.8) is 0 Å². The molecule has 0 unspecified atom stereocenters. The maximum atomic E-state index is 12.9. The average Bonchev–Trinajstić information content (AvgIpc) is 3.06. The Balaban J connectivity index is 1.71. The number of hydrogen-bond donors (Lipinski definition) is 1. The molecule has 0 amide bonds. The number of halogens is 3. The van der Waals surface area contributed by atoms with E-state index in [9.17, 15) is 18.0 Å². The van der Waals surface area contributed by atoms with Crippen molar-refractivity contribution in [2.75, 3.05) is 0 Å². The standard InChI is InChI=1S/C21H16F3NO3S/c1-13-18(12-28-17-8-5-14(6-9-17)7-10-19(26)27)29-20(25-13)15-3-2-4-16(11-15)21(22,23)24/h2-11H,12H2,1H3,(H,26,27). The van der Waals surface area contributed by atoms with Gasteiger partial charge in [-0.15, -0.1) is 11.3 Å². The Morgan fingerprint density at radius 3 is 2.59 bits per heavy atom. The van der Waals surface area contributed by atoms with Crippen LogP contribution in [0.15, 0.2) is 54.6 Å². The highest BCUT2D eigenvalue weighted by atomic mass is 32.1. The number of ether oxygens (including phenoxy) is 1. The zero-order valence-corrected chi connectivity index (χ0v) is 16.1. The lowest BCUT2D eigenvalue weighted by Gasteiger charge is -2.07. The summed E-state index contributed by atoms with van der Waals surface area (Å²) in [4.78, 5) is 15.7. The fraction of sp³-hybridized carbons (Fsp3) is 0.143. The number of aliphatic carboxylic acids is 1. The van der Waals surface area contributed by atoms with Gasteiger partial charge >= 0.3 is 12.1 Å². The van der Waals surface area contributed by atoms with E-state index >= 15 is 0 Å². The van der Waals surface area contributed by atoms with Gasteiger partial charge in [-0.3, -0.25) is 0 Å². The smallest absolute Gasteiger partial charge is 0.416 e. The molecule has 0 radical (unpaired) electrons. The van der Waals surface area contributed by atoms with Crippen molar-refractivity contribution >= 4 is 23.4 Å². The Labute approximate surface area is 168 Å². The number of carboxylic acid groups (broad SMARTS) is 1. The zero-order chi connectivity index (χ0) is 21.0. The summed E-state index contributed by atoms with van der Waals surface area (Å²) in [5.74, 6) is -0.437. The maximum absolute atomic E-state index is 12.9. The molecule has 0 saturated carbocycles. The summed E-state index contributed by atoms with van der Waals surface area (Å²) in [6.45, 7) is 2.01. The van der Waals surface area contributed by atoms with Crippen LogP contribution in [0.5, 0.6) is 5.75 Å². The van der Waals surface area contributed by atoms with Gasteiger partial charge in [-0.25, -0.2) is 9.78 Å². The summed E-state index contributed by atoms with van der Waals surface area (Å²) >= 11 is 1.29. The van der Waals surface area contributed by atoms with Gasteiger partial charge in [0.1, 0.15) is 17.4 Å². The maximum Gasteiger partial charge on any atom is 0.416 e. The number of alkyl halides is 3. The van der Waals surface area contributed by atoms with Crippen LogP contribution < -0.4 is 4.74 Å². The van der Waals surface area contributed by atoms with E-state index < -0.39 is 17.7 Å². The molecule has 1 aromatic heterocycles. The molecular formula is C21H16F3NO3S. The van der Waals surface area contributed by atoms with Crippen molar-refractivity contribution in [2.24, 2.45) is 0 Å². The van der Waals surface area contributed by atoms with Crippen LogP contribution in [0.4, 0.5) is 13.2 Å². The molecule has 4 nitrogen and oxygen atoms in total. The van der Waals surface area contributed by atoms with Crippen LogP contribution in [-0.4, -0.2) is 16.1 Å². The summed E-state index contributed by atoms with van der Waals surface area (Å²) in [7, 11) is 0. The van der Waals surface area contributed by atoms with Gasteiger partial charge in [-0.2, -0.15) is 13.2 Å². The molecule has 0 aliphatic rings. The second-order valence-corrected chi connectivity index (χ2v) is 7.22. The molecule has 1 heterocycles. The first-order valence-corrected chi connectivity index (χ1v) is 9.32. The molecule has 1 N–H and O–H groups in total. The van der Waals surface area contributed by atoms with Crippen LogP contribution in [0, 0.1) is 6.92 Å². The summed E-state index contributed by atoms with van der Waals surface area (Å²) < 4.78 is 44.5. The summed E-state index contributed by atoms with van der Waals surface area (Å²) in [6, 6.07) is 12.0. The van der Waals surface area contributed by atoms with Crippen molar-refractivity contribution in [2.45, 2.75) is 19.7 Å². The fourth-order valence-electron chi connectivity index (χ4n) is 2.51. The van der Waals surface area contributed by atoms with Gasteiger partial charge in [0.05, 0.1) is 16.1 Å². The lowest BCUT2D eigenvalue weighted by atomic mass is 10.1.